The molecule has 4 rings (SSSR count). The fourth-order valence-electron chi connectivity index (χ4n) is 3.46. The summed E-state index contributed by atoms with van der Waals surface area (Å²) in [5.41, 5.74) is 1.15. The van der Waals surface area contributed by atoms with Crippen LogP contribution in [0.25, 0.3) is 10.8 Å². The van der Waals surface area contributed by atoms with Crippen LogP contribution in [0.15, 0.2) is 60.7 Å². The molecule has 1 N–H and O–H groups in total. The van der Waals surface area contributed by atoms with E-state index < -0.39 is 12.6 Å². The molecule has 0 unspecified atom stereocenters. The number of anilines is 1. The van der Waals surface area contributed by atoms with Crippen molar-refractivity contribution in [1.29, 1.82) is 0 Å². The number of hydrogen-bond donors (Lipinski definition) is 1. The van der Waals surface area contributed by atoms with Gasteiger partial charge >= 0.3 is 5.97 Å². The maximum absolute atomic E-state index is 12.4. The van der Waals surface area contributed by atoms with Crippen molar-refractivity contribution in [1.82, 2.24) is 0 Å². The molecule has 0 bridgehead atoms. The molecule has 1 amide bonds. The molecule has 6 heteroatoms. The molecule has 1 aliphatic heterocycles. The predicted molar refractivity (Wildman–Crippen MR) is 108 cm³/mol. The maximum atomic E-state index is 12.4. The van der Waals surface area contributed by atoms with E-state index in [0.717, 1.165) is 17.5 Å². The van der Waals surface area contributed by atoms with E-state index in [2.05, 4.69) is 0 Å². The molecule has 0 radical (unpaired) electrons. The van der Waals surface area contributed by atoms with Crippen LogP contribution < -0.4 is 4.90 Å². The summed E-state index contributed by atoms with van der Waals surface area (Å²) in [7, 11) is 0. The summed E-state index contributed by atoms with van der Waals surface area (Å²) in [5, 5.41) is 11.7. The topological polar surface area (TPSA) is 83.9 Å². The van der Waals surface area contributed by atoms with Crippen molar-refractivity contribution in [2.45, 2.75) is 12.8 Å². The summed E-state index contributed by atoms with van der Waals surface area (Å²) in [6.07, 6.45) is 1.37. The van der Waals surface area contributed by atoms with Crippen LogP contribution in [0.5, 0.6) is 5.75 Å². The number of amides is 1. The van der Waals surface area contributed by atoms with Gasteiger partial charge in [-0.05, 0) is 42.1 Å². The minimum atomic E-state index is -0.763. The first-order valence-corrected chi connectivity index (χ1v) is 9.36. The van der Waals surface area contributed by atoms with Gasteiger partial charge in [-0.3, -0.25) is 9.59 Å². The molecule has 1 heterocycles. The third-order valence-corrected chi connectivity index (χ3v) is 5.03. The normalized spacial score (nSPS) is 13.7. The fraction of sp³-hybridized carbons (Fsp3) is 0.174. The number of ether oxygens (including phenoxy) is 1. The van der Waals surface area contributed by atoms with E-state index in [1.54, 1.807) is 47.4 Å². The number of ketones is 1. The molecular weight excluding hydrogens is 370 g/mol. The van der Waals surface area contributed by atoms with Crippen LogP contribution in [0.4, 0.5) is 5.69 Å². The summed E-state index contributed by atoms with van der Waals surface area (Å²) >= 11 is 0. The van der Waals surface area contributed by atoms with Crippen LogP contribution in [-0.4, -0.2) is 35.9 Å². The van der Waals surface area contributed by atoms with Gasteiger partial charge in [0.25, 0.3) is 0 Å². The number of phenols is 1. The Kier molecular flexibility index (Phi) is 4.99. The first-order chi connectivity index (χ1) is 14.0. The molecule has 0 atom stereocenters. The Labute approximate surface area is 167 Å². The average Bonchev–Trinajstić information content (AvgIpc) is 3.18. The molecule has 3 aromatic rings. The van der Waals surface area contributed by atoms with Crippen LogP contribution in [0, 0.1) is 0 Å². The molecular formula is C23H19NO5. The van der Waals surface area contributed by atoms with Crippen molar-refractivity contribution in [2.24, 2.45) is 0 Å². The first-order valence-electron chi connectivity index (χ1n) is 9.36. The van der Waals surface area contributed by atoms with E-state index in [1.165, 1.54) is 6.07 Å². The lowest BCUT2D eigenvalue weighted by atomic mass is 10.1. The van der Waals surface area contributed by atoms with Crippen molar-refractivity contribution < 1.29 is 24.2 Å². The third kappa shape index (κ3) is 3.69. The number of rotatable bonds is 5. The van der Waals surface area contributed by atoms with Gasteiger partial charge in [-0.1, -0.05) is 30.3 Å². The summed E-state index contributed by atoms with van der Waals surface area (Å²) in [4.78, 5) is 38.2. The summed E-state index contributed by atoms with van der Waals surface area (Å²) in [5.74, 6) is -1.22. The lowest BCUT2D eigenvalue weighted by molar-refractivity contribution is -0.117. The summed E-state index contributed by atoms with van der Waals surface area (Å²) in [6, 6.07) is 17.0. The van der Waals surface area contributed by atoms with Crippen molar-refractivity contribution in [2.75, 3.05) is 18.1 Å². The van der Waals surface area contributed by atoms with Crippen LogP contribution in [0.1, 0.15) is 33.6 Å². The van der Waals surface area contributed by atoms with Gasteiger partial charge in [-0.25, -0.2) is 4.79 Å². The quantitative estimate of drug-likeness (QED) is 0.531. The molecule has 29 heavy (non-hydrogen) atoms. The molecule has 0 aromatic heterocycles. The van der Waals surface area contributed by atoms with Crippen LogP contribution in [0.2, 0.25) is 0 Å². The van der Waals surface area contributed by atoms with Crippen molar-refractivity contribution >= 4 is 34.1 Å². The zero-order valence-corrected chi connectivity index (χ0v) is 15.6. The first kappa shape index (κ1) is 18.7. The van der Waals surface area contributed by atoms with Gasteiger partial charge in [0.15, 0.2) is 12.4 Å². The molecule has 1 saturated heterocycles. The minimum Gasteiger partial charge on any atom is -0.506 e. The van der Waals surface area contributed by atoms with Crippen LogP contribution in [0.3, 0.4) is 0 Å². The molecule has 1 fully saturated rings. The van der Waals surface area contributed by atoms with E-state index in [9.17, 15) is 19.5 Å². The second-order valence-corrected chi connectivity index (χ2v) is 6.88. The van der Waals surface area contributed by atoms with Gasteiger partial charge in [0.1, 0.15) is 11.3 Å². The Morgan fingerprint density at radius 1 is 1.00 bits per heavy atom. The number of hydrogen-bond acceptors (Lipinski definition) is 5. The van der Waals surface area contributed by atoms with Gasteiger partial charge in [0.05, 0.1) is 0 Å². The van der Waals surface area contributed by atoms with Crippen molar-refractivity contribution in [3.8, 4) is 5.75 Å². The number of nitrogens with zero attached hydrogens (tertiary/aromatic N) is 1. The van der Waals surface area contributed by atoms with Crippen molar-refractivity contribution in [3.63, 3.8) is 0 Å². The van der Waals surface area contributed by atoms with Gasteiger partial charge in [-0.15, -0.1) is 0 Å². The van der Waals surface area contributed by atoms with E-state index >= 15 is 0 Å². The summed E-state index contributed by atoms with van der Waals surface area (Å²) in [6.45, 7) is 0.242. The van der Waals surface area contributed by atoms with Crippen LogP contribution in [-0.2, 0) is 9.53 Å². The number of Topliss-reactive ketones (excluding diaryl/α,β-unsaturated/α-hetero) is 1. The maximum Gasteiger partial charge on any atom is 0.342 e. The lowest BCUT2D eigenvalue weighted by Gasteiger charge is -2.15. The van der Waals surface area contributed by atoms with E-state index in [0.29, 0.717) is 23.9 Å². The third-order valence-electron chi connectivity index (χ3n) is 5.03. The highest BCUT2D eigenvalue weighted by Gasteiger charge is 2.22. The van der Waals surface area contributed by atoms with E-state index in [1.807, 2.05) is 12.1 Å². The number of benzene rings is 3. The zero-order valence-electron chi connectivity index (χ0n) is 15.6. The smallest absolute Gasteiger partial charge is 0.342 e. The van der Waals surface area contributed by atoms with E-state index in [4.69, 9.17) is 4.74 Å². The highest BCUT2D eigenvalue weighted by Crippen LogP contribution is 2.29. The number of carbonyl (C=O) groups is 3. The highest BCUT2D eigenvalue weighted by atomic mass is 16.5. The Bertz CT molecular complexity index is 1100. The molecule has 0 aliphatic carbocycles. The molecule has 1 aliphatic rings. The van der Waals surface area contributed by atoms with Crippen molar-refractivity contribution in [3.05, 3.63) is 71.8 Å². The Balaban J connectivity index is 1.42. The second-order valence-electron chi connectivity index (χ2n) is 6.88. The lowest BCUT2D eigenvalue weighted by Crippen LogP contribution is -2.23. The van der Waals surface area contributed by atoms with Gasteiger partial charge < -0.3 is 14.7 Å². The monoisotopic (exact) mass is 389 g/mol. The molecule has 3 aromatic carbocycles. The standard InChI is InChI=1S/C23H19NO5/c25-20(16-7-10-17(11-8-16)24-13-3-6-21(24)26)14-29-23(28)19-12-9-15-4-1-2-5-18(15)22(19)27/h1-2,4-5,7-12,27H,3,6,13-14H2. The minimum absolute atomic E-state index is 0.0133. The Morgan fingerprint density at radius 2 is 1.76 bits per heavy atom. The predicted octanol–water partition coefficient (Wildman–Crippen LogP) is 3.71. The number of fused-ring (bicyclic) bond motifs is 1. The molecule has 6 nitrogen and oxygen atoms in total. The van der Waals surface area contributed by atoms with Gasteiger partial charge in [-0.2, -0.15) is 0 Å². The second kappa shape index (κ2) is 7.75. The highest BCUT2D eigenvalue weighted by molar-refractivity contribution is 6.03. The Hall–Kier alpha value is -3.67. The largest absolute Gasteiger partial charge is 0.506 e. The number of esters is 1. The number of aromatic hydroxyl groups is 1. The van der Waals surface area contributed by atoms with E-state index in [-0.39, 0.29) is 23.0 Å². The molecule has 0 spiro atoms. The van der Waals surface area contributed by atoms with Gasteiger partial charge in [0, 0.05) is 29.6 Å². The zero-order chi connectivity index (χ0) is 20.4. The molecule has 0 saturated carbocycles. The molecule has 146 valence electrons. The Morgan fingerprint density at radius 3 is 2.48 bits per heavy atom. The SMILES string of the molecule is O=C(COC(=O)c1ccc2ccccc2c1O)c1ccc(N2CCCC2=O)cc1. The summed E-state index contributed by atoms with van der Waals surface area (Å²) < 4.78 is 5.11. The number of carbonyl (C=O) groups excluding carboxylic acids is 3. The van der Waals surface area contributed by atoms with Gasteiger partial charge in [0.2, 0.25) is 5.91 Å². The average molecular weight is 389 g/mol. The number of phenolic OH excluding ortho intramolecular Hbond substituents is 1. The van der Waals surface area contributed by atoms with Crippen LogP contribution >= 0.6 is 0 Å². The fourth-order valence-corrected chi connectivity index (χ4v) is 3.46.